The van der Waals surface area contributed by atoms with Crippen LogP contribution in [0.3, 0.4) is 0 Å². The molecule has 1 aromatic carbocycles. The van der Waals surface area contributed by atoms with E-state index in [1.165, 1.54) is 11.3 Å². The van der Waals surface area contributed by atoms with Crippen LogP contribution in [0, 0.1) is 13.8 Å². The summed E-state index contributed by atoms with van der Waals surface area (Å²) in [5.74, 6) is 1.40. The molecule has 3 aromatic rings. The van der Waals surface area contributed by atoms with Gasteiger partial charge < -0.3 is 19.5 Å². The SMILES string of the molecule is CCN1CCN(c2ccccc2NC(=O)c2sc(-c3ccc(C)o3)nc2C)CC1. The molecule has 1 N–H and O–H groups in total. The van der Waals surface area contributed by atoms with Crippen LogP contribution >= 0.6 is 11.3 Å². The Bertz CT molecular complexity index is 1000. The first kappa shape index (κ1) is 19.7. The highest BCUT2D eigenvalue weighted by molar-refractivity contribution is 7.17. The molecule has 0 bridgehead atoms. The molecular weight excluding hydrogens is 384 g/mol. The quantitative estimate of drug-likeness (QED) is 0.675. The highest BCUT2D eigenvalue weighted by Gasteiger charge is 2.21. The molecule has 2 aromatic heterocycles. The number of carbonyl (C=O) groups is 1. The van der Waals surface area contributed by atoms with Crippen molar-refractivity contribution in [1.29, 1.82) is 0 Å². The molecule has 0 aliphatic carbocycles. The number of anilines is 2. The molecular formula is C22H26N4O2S. The van der Waals surface area contributed by atoms with Crippen molar-refractivity contribution in [3.8, 4) is 10.8 Å². The number of rotatable bonds is 5. The van der Waals surface area contributed by atoms with Crippen molar-refractivity contribution in [2.24, 2.45) is 0 Å². The second-order valence-corrected chi connectivity index (χ2v) is 8.24. The highest BCUT2D eigenvalue weighted by atomic mass is 32.1. The number of carbonyl (C=O) groups excluding carboxylic acids is 1. The van der Waals surface area contributed by atoms with Gasteiger partial charge >= 0.3 is 0 Å². The summed E-state index contributed by atoms with van der Waals surface area (Å²) >= 11 is 1.36. The maximum atomic E-state index is 13.0. The molecule has 1 fully saturated rings. The van der Waals surface area contributed by atoms with Crippen molar-refractivity contribution >= 4 is 28.6 Å². The van der Waals surface area contributed by atoms with Crippen molar-refractivity contribution in [2.45, 2.75) is 20.8 Å². The number of nitrogens with one attached hydrogen (secondary N) is 1. The molecule has 3 heterocycles. The third-order valence-electron chi connectivity index (χ3n) is 5.27. The van der Waals surface area contributed by atoms with Gasteiger partial charge in [-0.25, -0.2) is 4.98 Å². The third kappa shape index (κ3) is 4.21. The minimum atomic E-state index is -0.130. The number of amides is 1. The zero-order chi connectivity index (χ0) is 20.4. The van der Waals surface area contributed by atoms with Crippen LogP contribution in [0.5, 0.6) is 0 Å². The van der Waals surface area contributed by atoms with E-state index in [1.54, 1.807) is 0 Å². The van der Waals surface area contributed by atoms with Gasteiger partial charge in [-0.05, 0) is 44.7 Å². The van der Waals surface area contributed by atoms with Crippen molar-refractivity contribution < 1.29 is 9.21 Å². The molecule has 0 atom stereocenters. The number of likely N-dealkylation sites (N-methyl/N-ethyl adjacent to an activating group) is 1. The van der Waals surface area contributed by atoms with Crippen LogP contribution in [-0.2, 0) is 0 Å². The van der Waals surface area contributed by atoms with E-state index < -0.39 is 0 Å². The molecule has 0 saturated carbocycles. The van der Waals surface area contributed by atoms with Gasteiger partial charge in [0.1, 0.15) is 10.6 Å². The molecule has 0 radical (unpaired) electrons. The maximum absolute atomic E-state index is 13.0. The second kappa shape index (κ2) is 8.39. The van der Waals surface area contributed by atoms with E-state index in [4.69, 9.17) is 4.42 Å². The Labute approximate surface area is 175 Å². The number of piperazine rings is 1. The standard InChI is InChI=1S/C22H26N4O2S/c1-4-25-11-13-26(14-12-25)18-8-6-5-7-17(18)24-21(27)20-16(3)23-22(29-20)19-10-9-15(2)28-19/h5-10H,4,11-14H2,1-3H3,(H,24,27). The molecule has 1 amide bonds. The average molecular weight is 411 g/mol. The molecule has 6 nitrogen and oxygen atoms in total. The van der Waals surface area contributed by atoms with Crippen LogP contribution in [0.25, 0.3) is 10.8 Å². The first-order valence-corrected chi connectivity index (χ1v) is 10.8. The van der Waals surface area contributed by atoms with E-state index in [0.29, 0.717) is 16.3 Å². The number of benzene rings is 1. The Balaban J connectivity index is 1.53. The molecule has 7 heteroatoms. The number of thiazole rings is 1. The Morgan fingerprint density at radius 1 is 1.14 bits per heavy atom. The van der Waals surface area contributed by atoms with Crippen molar-refractivity contribution in [1.82, 2.24) is 9.88 Å². The fraction of sp³-hybridized carbons (Fsp3) is 0.364. The van der Waals surface area contributed by atoms with E-state index in [2.05, 4.69) is 33.1 Å². The predicted molar refractivity (Wildman–Crippen MR) is 118 cm³/mol. The van der Waals surface area contributed by atoms with Gasteiger partial charge in [0.25, 0.3) is 5.91 Å². The Morgan fingerprint density at radius 2 is 1.90 bits per heavy atom. The summed E-state index contributed by atoms with van der Waals surface area (Å²) in [7, 11) is 0. The number of nitrogens with zero attached hydrogens (tertiary/aromatic N) is 3. The predicted octanol–water partition coefficient (Wildman–Crippen LogP) is 4.41. The van der Waals surface area contributed by atoms with Crippen molar-refractivity contribution in [2.75, 3.05) is 42.9 Å². The molecule has 29 heavy (non-hydrogen) atoms. The summed E-state index contributed by atoms with van der Waals surface area (Å²) < 4.78 is 5.66. The van der Waals surface area contributed by atoms with Crippen LogP contribution < -0.4 is 10.2 Å². The summed E-state index contributed by atoms with van der Waals surface area (Å²) in [6, 6.07) is 11.8. The summed E-state index contributed by atoms with van der Waals surface area (Å²) in [5, 5.41) is 3.83. The largest absolute Gasteiger partial charge is 0.459 e. The Hall–Kier alpha value is -2.64. The van der Waals surface area contributed by atoms with Crippen molar-refractivity contribution in [3.63, 3.8) is 0 Å². The number of furan rings is 1. The molecule has 1 aliphatic rings. The van der Waals surface area contributed by atoms with Crippen LogP contribution in [0.2, 0.25) is 0 Å². The lowest BCUT2D eigenvalue weighted by Crippen LogP contribution is -2.46. The molecule has 0 spiro atoms. The summed E-state index contributed by atoms with van der Waals surface area (Å²) in [6.45, 7) is 11.0. The van der Waals surface area contributed by atoms with E-state index in [1.807, 2.05) is 44.2 Å². The van der Waals surface area contributed by atoms with Crippen molar-refractivity contribution in [3.05, 3.63) is 52.7 Å². The van der Waals surface area contributed by atoms with Crippen LogP contribution in [0.15, 0.2) is 40.8 Å². The number of para-hydroxylation sites is 2. The monoisotopic (exact) mass is 410 g/mol. The summed E-state index contributed by atoms with van der Waals surface area (Å²) in [4.78, 5) is 23.0. The zero-order valence-electron chi connectivity index (χ0n) is 17.1. The fourth-order valence-electron chi connectivity index (χ4n) is 3.60. The zero-order valence-corrected chi connectivity index (χ0v) is 17.9. The first-order valence-electron chi connectivity index (χ1n) is 9.97. The number of hydrogen-bond acceptors (Lipinski definition) is 6. The summed E-state index contributed by atoms with van der Waals surface area (Å²) in [5.41, 5.74) is 2.62. The second-order valence-electron chi connectivity index (χ2n) is 7.24. The van der Waals surface area contributed by atoms with Gasteiger partial charge in [0.05, 0.1) is 17.1 Å². The van der Waals surface area contributed by atoms with E-state index >= 15 is 0 Å². The minimum absolute atomic E-state index is 0.130. The van der Waals surface area contributed by atoms with Crippen LogP contribution in [-0.4, -0.2) is 48.5 Å². The fourth-order valence-corrected chi connectivity index (χ4v) is 4.52. The molecule has 4 rings (SSSR count). The van der Waals surface area contributed by atoms with Gasteiger partial charge in [0, 0.05) is 26.2 Å². The Morgan fingerprint density at radius 3 is 2.59 bits per heavy atom. The smallest absolute Gasteiger partial charge is 0.267 e. The molecule has 152 valence electrons. The number of aromatic nitrogens is 1. The van der Waals surface area contributed by atoms with E-state index in [9.17, 15) is 4.79 Å². The van der Waals surface area contributed by atoms with E-state index in [-0.39, 0.29) is 5.91 Å². The van der Waals surface area contributed by atoms with Crippen LogP contribution in [0.1, 0.15) is 28.0 Å². The lowest BCUT2D eigenvalue weighted by Gasteiger charge is -2.36. The molecule has 1 aliphatic heterocycles. The van der Waals surface area contributed by atoms with Gasteiger partial charge in [-0.1, -0.05) is 19.1 Å². The maximum Gasteiger partial charge on any atom is 0.267 e. The van der Waals surface area contributed by atoms with Gasteiger partial charge in [-0.15, -0.1) is 11.3 Å². The highest BCUT2D eigenvalue weighted by Crippen LogP contribution is 2.31. The lowest BCUT2D eigenvalue weighted by atomic mass is 10.2. The molecule has 0 unspecified atom stereocenters. The van der Waals surface area contributed by atoms with Gasteiger partial charge in [-0.2, -0.15) is 0 Å². The van der Waals surface area contributed by atoms with Gasteiger partial charge in [-0.3, -0.25) is 4.79 Å². The normalized spacial score (nSPS) is 14.9. The molecule has 1 saturated heterocycles. The first-order chi connectivity index (χ1) is 14.0. The van der Waals surface area contributed by atoms with Gasteiger partial charge in [0.15, 0.2) is 10.8 Å². The third-order valence-corrected chi connectivity index (χ3v) is 6.44. The minimum Gasteiger partial charge on any atom is -0.459 e. The topological polar surface area (TPSA) is 61.6 Å². The average Bonchev–Trinajstić information content (AvgIpc) is 3.34. The lowest BCUT2D eigenvalue weighted by molar-refractivity contribution is 0.103. The van der Waals surface area contributed by atoms with Gasteiger partial charge in [0.2, 0.25) is 0 Å². The van der Waals surface area contributed by atoms with E-state index in [0.717, 1.165) is 54.9 Å². The number of hydrogen-bond donors (Lipinski definition) is 1. The van der Waals surface area contributed by atoms with Crippen LogP contribution in [0.4, 0.5) is 11.4 Å². The number of aryl methyl sites for hydroxylation is 2. The summed E-state index contributed by atoms with van der Waals surface area (Å²) in [6.07, 6.45) is 0. The Kier molecular flexibility index (Phi) is 5.69.